The second-order valence-corrected chi connectivity index (χ2v) is 4.54. The summed E-state index contributed by atoms with van der Waals surface area (Å²) in [7, 11) is 0. The van der Waals surface area contributed by atoms with Crippen LogP contribution in [-0.2, 0) is 22.4 Å². The van der Waals surface area contributed by atoms with Gasteiger partial charge < -0.3 is 20.5 Å². The zero-order chi connectivity index (χ0) is 15.2. The van der Waals surface area contributed by atoms with Crippen LogP contribution in [0.3, 0.4) is 0 Å². The molecule has 0 bridgehead atoms. The number of hydrogen-bond donors (Lipinski definition) is 4. The van der Waals surface area contributed by atoms with E-state index in [0.29, 0.717) is 11.3 Å². The third kappa shape index (κ3) is 4.07. The number of phenolic OH excluding ortho intramolecular Hbond substituents is 1. The maximum atomic E-state index is 11.9. The fraction of sp³-hybridized carbons (Fsp3) is 0.214. The van der Waals surface area contributed by atoms with Gasteiger partial charge in [0.25, 0.3) is 0 Å². The van der Waals surface area contributed by atoms with Gasteiger partial charge in [-0.15, -0.1) is 0 Å². The van der Waals surface area contributed by atoms with Crippen molar-refractivity contribution in [1.82, 2.24) is 15.3 Å². The Kier molecular flexibility index (Phi) is 4.55. The van der Waals surface area contributed by atoms with Crippen molar-refractivity contribution in [2.45, 2.75) is 18.9 Å². The molecule has 21 heavy (non-hydrogen) atoms. The molecule has 0 aliphatic carbocycles. The lowest BCUT2D eigenvalue weighted by Gasteiger charge is -2.14. The number of aromatic nitrogens is 2. The molecule has 1 aromatic carbocycles. The van der Waals surface area contributed by atoms with Crippen LogP contribution in [0.4, 0.5) is 0 Å². The SMILES string of the molecule is O=C(Cc1ccccc1O)N[C@@H](Cc1cnc[nH]1)C(=O)O. The van der Waals surface area contributed by atoms with Crippen molar-refractivity contribution in [3.8, 4) is 5.75 Å². The Morgan fingerprint density at radius 3 is 2.71 bits per heavy atom. The van der Waals surface area contributed by atoms with E-state index in [4.69, 9.17) is 5.11 Å². The highest BCUT2D eigenvalue weighted by Gasteiger charge is 2.21. The lowest BCUT2D eigenvalue weighted by atomic mass is 10.1. The Hall–Kier alpha value is -2.83. The number of aromatic hydroxyl groups is 1. The smallest absolute Gasteiger partial charge is 0.326 e. The second-order valence-electron chi connectivity index (χ2n) is 4.54. The molecule has 110 valence electrons. The molecule has 0 spiro atoms. The van der Waals surface area contributed by atoms with Gasteiger partial charge in [-0.05, 0) is 6.07 Å². The first-order valence-corrected chi connectivity index (χ1v) is 6.32. The van der Waals surface area contributed by atoms with Gasteiger partial charge in [0.15, 0.2) is 0 Å². The largest absolute Gasteiger partial charge is 0.508 e. The molecule has 4 N–H and O–H groups in total. The molecular formula is C14H15N3O4. The van der Waals surface area contributed by atoms with E-state index in [2.05, 4.69) is 15.3 Å². The first-order valence-electron chi connectivity index (χ1n) is 6.32. The molecule has 0 saturated carbocycles. The average molecular weight is 289 g/mol. The molecular weight excluding hydrogens is 274 g/mol. The summed E-state index contributed by atoms with van der Waals surface area (Å²) in [6.45, 7) is 0. The highest BCUT2D eigenvalue weighted by Crippen LogP contribution is 2.16. The highest BCUT2D eigenvalue weighted by molar-refractivity contribution is 5.85. The Morgan fingerprint density at radius 2 is 2.10 bits per heavy atom. The monoisotopic (exact) mass is 289 g/mol. The van der Waals surface area contributed by atoms with Crippen LogP contribution < -0.4 is 5.32 Å². The standard InChI is InChI=1S/C14H15N3O4/c18-12-4-2-1-3-9(12)5-13(19)17-11(14(20)21)6-10-7-15-8-16-10/h1-4,7-8,11,18H,5-6H2,(H,15,16)(H,17,19)(H,20,21)/t11-/m0/s1. The summed E-state index contributed by atoms with van der Waals surface area (Å²) in [6, 6.07) is 5.38. The second kappa shape index (κ2) is 6.56. The minimum atomic E-state index is -1.13. The van der Waals surface area contributed by atoms with Gasteiger partial charge in [0.1, 0.15) is 11.8 Å². The number of benzene rings is 1. The predicted octanol–water partition coefficient (Wildman–Crippen LogP) is 0.470. The maximum Gasteiger partial charge on any atom is 0.326 e. The van der Waals surface area contributed by atoms with Crippen molar-refractivity contribution in [2.75, 3.05) is 0 Å². The molecule has 1 amide bonds. The average Bonchev–Trinajstić information content (AvgIpc) is 2.93. The molecule has 1 aromatic heterocycles. The number of rotatable bonds is 6. The lowest BCUT2D eigenvalue weighted by molar-refractivity contribution is -0.141. The van der Waals surface area contributed by atoms with Gasteiger partial charge in [0.2, 0.25) is 5.91 Å². The highest BCUT2D eigenvalue weighted by atomic mass is 16.4. The predicted molar refractivity (Wildman–Crippen MR) is 73.7 cm³/mol. The van der Waals surface area contributed by atoms with E-state index in [1.54, 1.807) is 18.2 Å². The number of carbonyl (C=O) groups is 2. The van der Waals surface area contributed by atoms with Gasteiger partial charge in [-0.2, -0.15) is 0 Å². The number of phenols is 1. The zero-order valence-corrected chi connectivity index (χ0v) is 11.1. The lowest BCUT2D eigenvalue weighted by Crippen LogP contribution is -2.43. The first kappa shape index (κ1) is 14.6. The summed E-state index contributed by atoms with van der Waals surface area (Å²) in [5, 5.41) is 21.2. The molecule has 0 saturated heterocycles. The molecule has 7 heteroatoms. The zero-order valence-electron chi connectivity index (χ0n) is 11.1. The van der Waals surface area contributed by atoms with Crippen molar-refractivity contribution in [3.05, 3.63) is 48.0 Å². The molecule has 1 heterocycles. The Balaban J connectivity index is 1.98. The van der Waals surface area contributed by atoms with Crippen LogP contribution in [0, 0.1) is 0 Å². The van der Waals surface area contributed by atoms with E-state index in [1.807, 2.05) is 0 Å². The fourth-order valence-electron chi connectivity index (χ4n) is 1.89. The van der Waals surface area contributed by atoms with E-state index in [1.165, 1.54) is 18.6 Å². The Morgan fingerprint density at radius 1 is 1.33 bits per heavy atom. The fourth-order valence-corrected chi connectivity index (χ4v) is 1.89. The molecule has 2 rings (SSSR count). The third-order valence-corrected chi connectivity index (χ3v) is 2.95. The Bertz CT molecular complexity index is 625. The molecule has 0 unspecified atom stereocenters. The van der Waals surface area contributed by atoms with Crippen LogP contribution in [0.2, 0.25) is 0 Å². The number of carbonyl (C=O) groups excluding carboxylic acids is 1. The number of nitrogens with zero attached hydrogens (tertiary/aromatic N) is 1. The van der Waals surface area contributed by atoms with E-state index >= 15 is 0 Å². The Labute approximate surface area is 120 Å². The van der Waals surface area contributed by atoms with Gasteiger partial charge >= 0.3 is 5.97 Å². The van der Waals surface area contributed by atoms with Crippen LogP contribution >= 0.6 is 0 Å². The van der Waals surface area contributed by atoms with Crippen molar-refractivity contribution in [1.29, 1.82) is 0 Å². The van der Waals surface area contributed by atoms with Gasteiger partial charge in [0.05, 0.1) is 12.7 Å². The summed E-state index contributed by atoms with van der Waals surface area (Å²) >= 11 is 0. The number of aromatic amines is 1. The van der Waals surface area contributed by atoms with Crippen LogP contribution in [0.15, 0.2) is 36.8 Å². The van der Waals surface area contributed by atoms with Gasteiger partial charge in [-0.1, -0.05) is 18.2 Å². The molecule has 0 fully saturated rings. The third-order valence-electron chi connectivity index (χ3n) is 2.95. The van der Waals surface area contributed by atoms with E-state index < -0.39 is 17.9 Å². The normalized spacial score (nSPS) is 11.8. The van der Waals surface area contributed by atoms with E-state index in [0.717, 1.165) is 0 Å². The minimum Gasteiger partial charge on any atom is -0.508 e. The first-order chi connectivity index (χ1) is 10.1. The topological polar surface area (TPSA) is 115 Å². The van der Waals surface area contributed by atoms with Gasteiger partial charge in [-0.25, -0.2) is 9.78 Å². The summed E-state index contributed by atoms with van der Waals surface area (Å²) in [5.41, 5.74) is 1.06. The number of amides is 1. The number of aliphatic carboxylic acids is 1. The summed E-state index contributed by atoms with van der Waals surface area (Å²) in [5.74, 6) is -1.59. The summed E-state index contributed by atoms with van der Waals surface area (Å²) in [4.78, 5) is 29.7. The van der Waals surface area contributed by atoms with Crippen LogP contribution in [0.25, 0.3) is 0 Å². The quantitative estimate of drug-likeness (QED) is 0.617. The molecule has 1 atom stereocenters. The number of imidazole rings is 1. The summed E-state index contributed by atoms with van der Waals surface area (Å²) < 4.78 is 0. The minimum absolute atomic E-state index is 0.00749. The maximum absolute atomic E-state index is 11.9. The van der Waals surface area contributed by atoms with E-state index in [9.17, 15) is 14.7 Å². The van der Waals surface area contributed by atoms with Crippen molar-refractivity contribution < 1.29 is 19.8 Å². The molecule has 0 radical (unpaired) electrons. The number of carboxylic acids is 1. The van der Waals surface area contributed by atoms with Crippen molar-refractivity contribution in [2.24, 2.45) is 0 Å². The van der Waals surface area contributed by atoms with Crippen LogP contribution in [-0.4, -0.2) is 38.1 Å². The number of hydrogen-bond acceptors (Lipinski definition) is 4. The van der Waals surface area contributed by atoms with Crippen molar-refractivity contribution in [3.63, 3.8) is 0 Å². The number of H-pyrrole nitrogens is 1. The molecule has 7 nitrogen and oxygen atoms in total. The van der Waals surface area contributed by atoms with Crippen LogP contribution in [0.1, 0.15) is 11.3 Å². The van der Waals surface area contributed by atoms with Crippen LogP contribution in [0.5, 0.6) is 5.75 Å². The number of nitrogens with one attached hydrogen (secondary N) is 2. The van der Waals surface area contributed by atoms with E-state index in [-0.39, 0.29) is 18.6 Å². The van der Waals surface area contributed by atoms with Gasteiger partial charge in [-0.3, -0.25) is 4.79 Å². The van der Waals surface area contributed by atoms with Gasteiger partial charge in [0, 0.05) is 23.9 Å². The molecule has 0 aliphatic heterocycles. The summed E-state index contributed by atoms with van der Waals surface area (Å²) in [6.07, 6.45) is 2.98. The molecule has 0 aliphatic rings. The molecule has 2 aromatic rings. The van der Waals surface area contributed by atoms with Crippen molar-refractivity contribution >= 4 is 11.9 Å². The number of para-hydroxylation sites is 1. The number of carboxylic acid groups (broad SMARTS) is 1.